The number of nitrogens with one attached hydrogen (secondary N) is 1. The van der Waals surface area contributed by atoms with Crippen LogP contribution in [-0.4, -0.2) is 15.9 Å². The molecule has 0 bridgehead atoms. The van der Waals surface area contributed by atoms with Gasteiger partial charge in [-0.1, -0.05) is 0 Å². The molecule has 0 saturated carbocycles. The second-order valence-electron chi connectivity index (χ2n) is 3.42. The minimum Gasteiger partial charge on any atom is -0.508 e. The molecular formula is C11H11NO2. The number of Topliss-reactive ketones (excluding diaryl/α,β-unsaturated/α-hetero) is 1. The lowest BCUT2D eigenvalue weighted by Crippen LogP contribution is -1.94. The molecule has 2 aromatic rings. The largest absolute Gasteiger partial charge is 0.508 e. The summed E-state index contributed by atoms with van der Waals surface area (Å²) in [6.45, 7) is 1.56. The Labute approximate surface area is 81.4 Å². The van der Waals surface area contributed by atoms with Gasteiger partial charge in [0.15, 0.2) is 0 Å². The van der Waals surface area contributed by atoms with E-state index in [1.807, 2.05) is 6.20 Å². The summed E-state index contributed by atoms with van der Waals surface area (Å²) in [6.07, 6.45) is 2.22. The van der Waals surface area contributed by atoms with Crippen LogP contribution in [-0.2, 0) is 11.2 Å². The lowest BCUT2D eigenvalue weighted by Gasteiger charge is -1.96. The molecule has 0 amide bonds. The number of hydrogen-bond acceptors (Lipinski definition) is 2. The third-order valence-corrected chi connectivity index (χ3v) is 2.19. The number of carbonyl (C=O) groups is 1. The molecule has 0 fully saturated rings. The maximum absolute atomic E-state index is 11.0. The zero-order valence-corrected chi connectivity index (χ0v) is 7.87. The molecule has 0 aliphatic heterocycles. The van der Waals surface area contributed by atoms with Crippen LogP contribution < -0.4 is 0 Å². The van der Waals surface area contributed by atoms with E-state index in [1.54, 1.807) is 25.1 Å². The minimum absolute atomic E-state index is 0.120. The van der Waals surface area contributed by atoms with Gasteiger partial charge in [-0.15, -0.1) is 0 Å². The van der Waals surface area contributed by atoms with E-state index in [-0.39, 0.29) is 11.5 Å². The van der Waals surface area contributed by atoms with E-state index in [4.69, 9.17) is 0 Å². The van der Waals surface area contributed by atoms with Crippen LogP contribution in [0.2, 0.25) is 0 Å². The normalized spacial score (nSPS) is 10.6. The monoisotopic (exact) mass is 189 g/mol. The molecule has 2 rings (SSSR count). The van der Waals surface area contributed by atoms with Crippen LogP contribution in [0.1, 0.15) is 12.5 Å². The van der Waals surface area contributed by atoms with E-state index < -0.39 is 0 Å². The number of carbonyl (C=O) groups excluding carboxylic acids is 1. The second-order valence-corrected chi connectivity index (χ2v) is 3.42. The van der Waals surface area contributed by atoms with Crippen molar-refractivity contribution >= 4 is 16.7 Å². The SMILES string of the molecule is CC(=O)Cc1c[nH]c2ccc(O)cc12. The van der Waals surface area contributed by atoms with Crippen LogP contribution in [0.4, 0.5) is 0 Å². The van der Waals surface area contributed by atoms with Crippen molar-refractivity contribution in [2.75, 3.05) is 0 Å². The van der Waals surface area contributed by atoms with Gasteiger partial charge in [0, 0.05) is 23.5 Å². The average molecular weight is 189 g/mol. The van der Waals surface area contributed by atoms with E-state index in [2.05, 4.69) is 4.98 Å². The molecule has 0 unspecified atom stereocenters. The maximum Gasteiger partial charge on any atom is 0.134 e. The topological polar surface area (TPSA) is 53.1 Å². The summed E-state index contributed by atoms with van der Waals surface area (Å²) >= 11 is 0. The van der Waals surface area contributed by atoms with Crippen LogP contribution in [0.15, 0.2) is 24.4 Å². The van der Waals surface area contributed by atoms with Gasteiger partial charge in [0.2, 0.25) is 0 Å². The van der Waals surface area contributed by atoms with Crippen LogP contribution in [0.3, 0.4) is 0 Å². The molecule has 1 heterocycles. The van der Waals surface area contributed by atoms with Crippen LogP contribution in [0.5, 0.6) is 5.75 Å². The number of aromatic hydroxyl groups is 1. The Balaban J connectivity index is 2.55. The highest BCUT2D eigenvalue weighted by atomic mass is 16.3. The van der Waals surface area contributed by atoms with Gasteiger partial charge in [0.25, 0.3) is 0 Å². The Morgan fingerprint density at radius 2 is 2.29 bits per heavy atom. The van der Waals surface area contributed by atoms with Gasteiger partial charge in [-0.25, -0.2) is 0 Å². The van der Waals surface area contributed by atoms with Crippen molar-refractivity contribution in [3.05, 3.63) is 30.0 Å². The summed E-state index contributed by atoms with van der Waals surface area (Å²) in [5.74, 6) is 0.344. The van der Waals surface area contributed by atoms with Crippen LogP contribution in [0.25, 0.3) is 10.9 Å². The molecule has 1 aromatic carbocycles. The summed E-state index contributed by atoms with van der Waals surface area (Å²) in [7, 11) is 0. The number of H-pyrrole nitrogens is 1. The van der Waals surface area contributed by atoms with Crippen molar-refractivity contribution in [3.63, 3.8) is 0 Å². The van der Waals surface area contributed by atoms with Gasteiger partial charge in [-0.05, 0) is 30.7 Å². The quantitative estimate of drug-likeness (QED) is 0.759. The molecule has 0 aliphatic rings. The van der Waals surface area contributed by atoms with E-state index in [0.717, 1.165) is 16.5 Å². The van der Waals surface area contributed by atoms with Gasteiger partial charge in [-0.2, -0.15) is 0 Å². The third kappa shape index (κ3) is 1.48. The zero-order valence-electron chi connectivity index (χ0n) is 7.87. The summed E-state index contributed by atoms with van der Waals surface area (Å²) in [5, 5.41) is 10.2. The molecule has 0 saturated heterocycles. The number of fused-ring (bicyclic) bond motifs is 1. The highest BCUT2D eigenvalue weighted by Crippen LogP contribution is 2.23. The fourth-order valence-electron chi connectivity index (χ4n) is 1.58. The first-order valence-corrected chi connectivity index (χ1v) is 4.45. The van der Waals surface area contributed by atoms with E-state index in [1.165, 1.54) is 0 Å². The van der Waals surface area contributed by atoms with Gasteiger partial charge in [-0.3, -0.25) is 4.79 Å². The van der Waals surface area contributed by atoms with Crippen molar-refractivity contribution in [1.29, 1.82) is 0 Å². The maximum atomic E-state index is 11.0. The third-order valence-electron chi connectivity index (χ3n) is 2.19. The van der Waals surface area contributed by atoms with E-state index >= 15 is 0 Å². The first-order valence-electron chi connectivity index (χ1n) is 4.45. The van der Waals surface area contributed by atoms with Crippen molar-refractivity contribution in [1.82, 2.24) is 4.98 Å². The lowest BCUT2D eigenvalue weighted by molar-refractivity contribution is -0.116. The molecule has 72 valence electrons. The highest BCUT2D eigenvalue weighted by Gasteiger charge is 2.05. The zero-order chi connectivity index (χ0) is 10.1. The number of hydrogen-bond donors (Lipinski definition) is 2. The molecule has 0 atom stereocenters. The fraction of sp³-hybridized carbons (Fsp3) is 0.182. The predicted octanol–water partition coefficient (Wildman–Crippen LogP) is 2.00. The number of ketones is 1. The van der Waals surface area contributed by atoms with Gasteiger partial charge in [0.05, 0.1) is 0 Å². The van der Waals surface area contributed by atoms with Crippen molar-refractivity contribution in [2.24, 2.45) is 0 Å². The molecule has 14 heavy (non-hydrogen) atoms. The smallest absolute Gasteiger partial charge is 0.134 e. The Bertz CT molecular complexity index is 485. The van der Waals surface area contributed by atoms with Crippen LogP contribution in [0, 0.1) is 0 Å². The molecular weight excluding hydrogens is 178 g/mol. The van der Waals surface area contributed by atoms with Gasteiger partial charge in [0.1, 0.15) is 11.5 Å². The molecule has 0 spiro atoms. The standard InChI is InChI=1S/C11H11NO2/c1-7(13)4-8-6-12-11-3-2-9(14)5-10(8)11/h2-3,5-6,12,14H,4H2,1H3. The Hall–Kier alpha value is -1.77. The minimum atomic E-state index is 0.120. The number of phenols is 1. The van der Waals surface area contributed by atoms with Crippen molar-refractivity contribution < 1.29 is 9.90 Å². The Morgan fingerprint density at radius 3 is 3.00 bits per heavy atom. The molecule has 0 radical (unpaired) electrons. The molecule has 3 nitrogen and oxygen atoms in total. The van der Waals surface area contributed by atoms with E-state index in [0.29, 0.717) is 6.42 Å². The second kappa shape index (κ2) is 3.18. The van der Waals surface area contributed by atoms with Gasteiger partial charge >= 0.3 is 0 Å². The fourth-order valence-corrected chi connectivity index (χ4v) is 1.58. The molecule has 3 heteroatoms. The first-order chi connectivity index (χ1) is 6.66. The highest BCUT2D eigenvalue weighted by molar-refractivity contribution is 5.89. The summed E-state index contributed by atoms with van der Waals surface area (Å²) in [5.41, 5.74) is 1.88. The lowest BCUT2D eigenvalue weighted by atomic mass is 10.1. The number of aromatic nitrogens is 1. The summed E-state index contributed by atoms with van der Waals surface area (Å²) in [4.78, 5) is 14.0. The average Bonchev–Trinajstić information content (AvgIpc) is 2.47. The number of aromatic amines is 1. The van der Waals surface area contributed by atoms with Crippen molar-refractivity contribution in [3.8, 4) is 5.75 Å². The molecule has 0 aliphatic carbocycles. The molecule has 1 aromatic heterocycles. The van der Waals surface area contributed by atoms with E-state index in [9.17, 15) is 9.90 Å². The number of phenolic OH excluding ortho intramolecular Hbond substituents is 1. The Kier molecular flexibility index (Phi) is 2.00. The van der Waals surface area contributed by atoms with Crippen molar-refractivity contribution in [2.45, 2.75) is 13.3 Å². The summed E-state index contributed by atoms with van der Waals surface area (Å²) in [6, 6.07) is 5.09. The number of benzene rings is 1. The Morgan fingerprint density at radius 1 is 1.50 bits per heavy atom. The first kappa shape index (κ1) is 8.81. The molecule has 2 N–H and O–H groups in total. The van der Waals surface area contributed by atoms with Crippen LogP contribution >= 0.6 is 0 Å². The van der Waals surface area contributed by atoms with Gasteiger partial charge < -0.3 is 10.1 Å². The predicted molar refractivity (Wildman–Crippen MR) is 54.3 cm³/mol. The number of rotatable bonds is 2. The summed E-state index contributed by atoms with van der Waals surface area (Å²) < 4.78 is 0.